The van der Waals surface area contributed by atoms with Crippen LogP contribution in [0.3, 0.4) is 0 Å². The van der Waals surface area contributed by atoms with E-state index in [9.17, 15) is 9.59 Å². The first-order valence-electron chi connectivity index (χ1n) is 6.54. The molecule has 0 atom stereocenters. The molecule has 9 nitrogen and oxygen atoms in total. The number of hydrogen-bond donors (Lipinski definition) is 4. The molecule has 2 aromatic rings. The van der Waals surface area contributed by atoms with E-state index in [1.165, 1.54) is 16.9 Å². The number of carbonyl (C=O) groups is 2. The molecule has 0 radical (unpaired) electrons. The van der Waals surface area contributed by atoms with E-state index in [1.807, 2.05) is 0 Å². The van der Waals surface area contributed by atoms with E-state index in [-0.39, 0.29) is 29.9 Å². The molecule has 0 unspecified atom stereocenters. The number of anilines is 2. The van der Waals surface area contributed by atoms with Gasteiger partial charge >= 0.3 is 0 Å². The Morgan fingerprint density at radius 1 is 1.48 bits per heavy atom. The molecule has 0 bridgehead atoms. The number of H-pyrrole nitrogens is 1. The fraction of sp³-hybridized carbons (Fsp3) is 0.333. The van der Waals surface area contributed by atoms with Crippen LogP contribution in [0.25, 0.3) is 0 Å². The zero-order valence-electron chi connectivity index (χ0n) is 11.2. The first-order valence-corrected chi connectivity index (χ1v) is 6.54. The third-order valence-electron chi connectivity index (χ3n) is 2.98. The number of nitrogens with two attached hydrogens (primary N) is 1. The van der Waals surface area contributed by atoms with Crippen molar-refractivity contribution in [1.29, 1.82) is 0 Å². The van der Waals surface area contributed by atoms with E-state index in [0.717, 1.165) is 12.8 Å². The van der Waals surface area contributed by atoms with Gasteiger partial charge in [0.05, 0.1) is 11.9 Å². The highest BCUT2D eigenvalue weighted by Gasteiger charge is 2.23. The van der Waals surface area contributed by atoms with E-state index >= 15 is 0 Å². The highest BCUT2D eigenvalue weighted by molar-refractivity contribution is 6.03. The second-order valence-corrected chi connectivity index (χ2v) is 4.93. The largest absolute Gasteiger partial charge is 0.382 e. The number of amides is 2. The zero-order valence-corrected chi connectivity index (χ0v) is 11.2. The number of hydrogen-bond acceptors (Lipinski definition) is 5. The lowest BCUT2D eigenvalue weighted by Gasteiger charge is -2.02. The van der Waals surface area contributed by atoms with Crippen molar-refractivity contribution in [3.8, 4) is 0 Å². The minimum absolute atomic E-state index is 0.0835. The van der Waals surface area contributed by atoms with Gasteiger partial charge in [-0.2, -0.15) is 10.2 Å². The summed E-state index contributed by atoms with van der Waals surface area (Å²) in [4.78, 5) is 23.5. The van der Waals surface area contributed by atoms with Gasteiger partial charge in [0.15, 0.2) is 0 Å². The number of nitrogens with zero attached hydrogens (tertiary/aromatic N) is 3. The van der Waals surface area contributed by atoms with Gasteiger partial charge in [-0.1, -0.05) is 0 Å². The summed E-state index contributed by atoms with van der Waals surface area (Å²) in [6.45, 7) is 0.128. The van der Waals surface area contributed by atoms with E-state index in [2.05, 4.69) is 25.9 Å². The normalized spacial score (nSPS) is 13.9. The van der Waals surface area contributed by atoms with Crippen molar-refractivity contribution in [2.75, 3.05) is 11.1 Å². The predicted octanol–water partition coefficient (Wildman–Crippen LogP) is -0.281. The third kappa shape index (κ3) is 3.38. The van der Waals surface area contributed by atoms with Gasteiger partial charge in [-0.3, -0.25) is 19.4 Å². The van der Waals surface area contributed by atoms with Crippen LogP contribution in [0.5, 0.6) is 0 Å². The van der Waals surface area contributed by atoms with Crippen LogP contribution in [0.15, 0.2) is 18.5 Å². The molecule has 1 aliphatic carbocycles. The summed E-state index contributed by atoms with van der Waals surface area (Å²) >= 11 is 0. The van der Waals surface area contributed by atoms with Crippen LogP contribution >= 0.6 is 0 Å². The summed E-state index contributed by atoms with van der Waals surface area (Å²) in [6.07, 6.45) is 5.14. The molecule has 21 heavy (non-hydrogen) atoms. The average Bonchev–Trinajstić information content (AvgIpc) is 2.95. The van der Waals surface area contributed by atoms with E-state index in [0.29, 0.717) is 11.7 Å². The minimum Gasteiger partial charge on any atom is -0.382 e. The quantitative estimate of drug-likeness (QED) is 0.601. The molecule has 3 rings (SSSR count). The smallest absolute Gasteiger partial charge is 0.273 e. The summed E-state index contributed by atoms with van der Waals surface area (Å²) in [5, 5.41) is 15.7. The van der Waals surface area contributed by atoms with Crippen LogP contribution in [0, 0.1) is 0 Å². The van der Waals surface area contributed by atoms with Gasteiger partial charge < -0.3 is 16.4 Å². The topological polar surface area (TPSA) is 131 Å². The molecule has 1 fully saturated rings. The highest BCUT2D eigenvalue weighted by atomic mass is 16.2. The van der Waals surface area contributed by atoms with Crippen molar-refractivity contribution in [3.05, 3.63) is 24.2 Å². The molecule has 110 valence electrons. The Morgan fingerprint density at radius 3 is 2.95 bits per heavy atom. The summed E-state index contributed by atoms with van der Waals surface area (Å²) in [7, 11) is 0. The van der Waals surface area contributed by atoms with Gasteiger partial charge in [-0.25, -0.2) is 0 Å². The Labute approximate surface area is 119 Å². The highest BCUT2D eigenvalue weighted by Crippen LogP contribution is 2.18. The van der Waals surface area contributed by atoms with Crippen molar-refractivity contribution < 1.29 is 9.59 Å². The van der Waals surface area contributed by atoms with Crippen LogP contribution < -0.4 is 16.4 Å². The summed E-state index contributed by atoms with van der Waals surface area (Å²) in [5.74, 6) is -0.214. The lowest BCUT2D eigenvalue weighted by atomic mass is 10.4. The minimum atomic E-state index is -0.374. The van der Waals surface area contributed by atoms with Crippen LogP contribution in [0.4, 0.5) is 11.5 Å². The van der Waals surface area contributed by atoms with Crippen molar-refractivity contribution >= 4 is 23.3 Å². The molecular weight excluding hydrogens is 274 g/mol. The second-order valence-electron chi connectivity index (χ2n) is 4.93. The van der Waals surface area contributed by atoms with Gasteiger partial charge in [0, 0.05) is 18.3 Å². The number of rotatable bonds is 5. The molecule has 1 aliphatic rings. The average molecular weight is 289 g/mol. The van der Waals surface area contributed by atoms with Crippen molar-refractivity contribution in [2.45, 2.75) is 25.4 Å². The number of nitrogens with one attached hydrogen (secondary N) is 3. The number of aromatic amines is 1. The summed E-state index contributed by atoms with van der Waals surface area (Å²) in [5.41, 5.74) is 6.18. The molecule has 9 heteroatoms. The molecule has 2 heterocycles. The Kier molecular flexibility index (Phi) is 3.30. The standard InChI is InChI=1S/C12H15N7O2/c13-10-3-9(17-18-10)12(21)16-8-4-14-19(5-8)6-11(20)15-7-1-2-7/h3-5,7H,1-2,6H2,(H,15,20)(H,16,21)(H3,13,17,18). The van der Waals surface area contributed by atoms with Crippen LogP contribution in [-0.4, -0.2) is 37.8 Å². The summed E-state index contributed by atoms with van der Waals surface area (Å²) < 4.78 is 1.47. The maximum atomic E-state index is 11.9. The van der Waals surface area contributed by atoms with E-state index < -0.39 is 0 Å². The Morgan fingerprint density at radius 2 is 2.29 bits per heavy atom. The maximum Gasteiger partial charge on any atom is 0.273 e. The lowest BCUT2D eigenvalue weighted by Crippen LogP contribution is -2.29. The van der Waals surface area contributed by atoms with Gasteiger partial charge in [0.1, 0.15) is 18.1 Å². The van der Waals surface area contributed by atoms with Crippen molar-refractivity contribution in [2.24, 2.45) is 0 Å². The molecule has 2 aromatic heterocycles. The summed E-state index contributed by atoms with van der Waals surface area (Å²) in [6, 6.07) is 1.75. The third-order valence-corrected chi connectivity index (χ3v) is 2.98. The number of carbonyl (C=O) groups excluding carboxylic acids is 2. The SMILES string of the molecule is Nc1cc(C(=O)Nc2cnn(CC(=O)NC3CC3)c2)[nH]n1. The van der Waals surface area contributed by atoms with Crippen LogP contribution in [-0.2, 0) is 11.3 Å². The Balaban J connectivity index is 1.56. The second kappa shape index (κ2) is 5.27. The molecule has 5 N–H and O–H groups in total. The zero-order chi connectivity index (χ0) is 14.8. The first kappa shape index (κ1) is 13.2. The molecule has 0 aromatic carbocycles. The van der Waals surface area contributed by atoms with Gasteiger partial charge in [0.2, 0.25) is 5.91 Å². The van der Waals surface area contributed by atoms with E-state index in [1.54, 1.807) is 6.20 Å². The van der Waals surface area contributed by atoms with Crippen molar-refractivity contribution in [1.82, 2.24) is 25.3 Å². The Bertz CT molecular complexity index is 671. The van der Waals surface area contributed by atoms with E-state index in [4.69, 9.17) is 5.73 Å². The van der Waals surface area contributed by atoms with Gasteiger partial charge in [0.25, 0.3) is 5.91 Å². The monoisotopic (exact) mass is 289 g/mol. The fourth-order valence-electron chi connectivity index (χ4n) is 1.81. The van der Waals surface area contributed by atoms with Gasteiger partial charge in [-0.15, -0.1) is 0 Å². The Hall–Kier alpha value is -2.84. The predicted molar refractivity (Wildman–Crippen MR) is 74.3 cm³/mol. The molecule has 0 aliphatic heterocycles. The van der Waals surface area contributed by atoms with Crippen LogP contribution in [0.2, 0.25) is 0 Å². The number of nitrogen functional groups attached to an aromatic ring is 1. The van der Waals surface area contributed by atoms with Crippen LogP contribution in [0.1, 0.15) is 23.3 Å². The molecule has 2 amide bonds. The fourth-order valence-corrected chi connectivity index (χ4v) is 1.81. The van der Waals surface area contributed by atoms with Crippen molar-refractivity contribution in [3.63, 3.8) is 0 Å². The number of aromatic nitrogens is 4. The molecule has 0 spiro atoms. The lowest BCUT2D eigenvalue weighted by molar-refractivity contribution is -0.122. The first-order chi connectivity index (χ1) is 10.1. The van der Waals surface area contributed by atoms with Gasteiger partial charge in [-0.05, 0) is 12.8 Å². The molecule has 1 saturated carbocycles. The maximum absolute atomic E-state index is 11.9. The molecular formula is C12H15N7O2. The molecule has 0 saturated heterocycles.